The van der Waals surface area contributed by atoms with Crippen molar-refractivity contribution in [1.82, 2.24) is 10.6 Å². The predicted molar refractivity (Wildman–Crippen MR) is 87.1 cm³/mol. The molecule has 2 aliphatic heterocycles. The SMILES string of the molecule is CC1(C)CC(NC(=O)c2scc3c2OCCO3)CC(C)(C)N1. The Morgan fingerprint density at radius 3 is 2.55 bits per heavy atom. The number of amides is 1. The minimum Gasteiger partial charge on any atom is -0.485 e. The van der Waals surface area contributed by atoms with Crippen LogP contribution in [0.25, 0.3) is 0 Å². The molecule has 22 heavy (non-hydrogen) atoms. The fourth-order valence-corrected chi connectivity index (χ4v) is 4.53. The molecule has 1 fully saturated rings. The number of thiophene rings is 1. The molecule has 1 amide bonds. The van der Waals surface area contributed by atoms with E-state index >= 15 is 0 Å². The van der Waals surface area contributed by atoms with Crippen LogP contribution in [0.15, 0.2) is 5.38 Å². The van der Waals surface area contributed by atoms with Gasteiger partial charge in [-0.3, -0.25) is 4.79 Å². The van der Waals surface area contributed by atoms with Crippen molar-refractivity contribution in [2.75, 3.05) is 13.2 Å². The van der Waals surface area contributed by atoms with Crippen LogP contribution >= 0.6 is 11.3 Å². The van der Waals surface area contributed by atoms with Gasteiger partial charge in [-0.1, -0.05) is 0 Å². The minimum absolute atomic E-state index is 0.00812. The van der Waals surface area contributed by atoms with Crippen molar-refractivity contribution >= 4 is 17.2 Å². The van der Waals surface area contributed by atoms with Gasteiger partial charge in [-0.05, 0) is 40.5 Å². The third kappa shape index (κ3) is 3.22. The quantitative estimate of drug-likeness (QED) is 0.878. The maximum absolute atomic E-state index is 12.6. The highest BCUT2D eigenvalue weighted by Gasteiger charge is 2.38. The van der Waals surface area contributed by atoms with Crippen molar-refractivity contribution in [2.24, 2.45) is 0 Å². The largest absolute Gasteiger partial charge is 0.485 e. The van der Waals surface area contributed by atoms with E-state index in [4.69, 9.17) is 9.47 Å². The zero-order chi connectivity index (χ0) is 16.0. The van der Waals surface area contributed by atoms with Crippen molar-refractivity contribution in [3.05, 3.63) is 10.3 Å². The van der Waals surface area contributed by atoms with Crippen molar-refractivity contribution < 1.29 is 14.3 Å². The normalized spacial score (nSPS) is 23.1. The van der Waals surface area contributed by atoms with Crippen LogP contribution < -0.4 is 20.1 Å². The van der Waals surface area contributed by atoms with Gasteiger partial charge in [0.25, 0.3) is 5.91 Å². The van der Waals surface area contributed by atoms with Crippen LogP contribution in [0.5, 0.6) is 11.5 Å². The molecule has 0 radical (unpaired) electrons. The second kappa shape index (κ2) is 5.42. The number of ether oxygens (including phenoxy) is 2. The van der Waals surface area contributed by atoms with Gasteiger partial charge in [-0.2, -0.15) is 0 Å². The average Bonchev–Trinajstić information content (AvgIpc) is 2.78. The van der Waals surface area contributed by atoms with Crippen molar-refractivity contribution in [1.29, 1.82) is 0 Å². The highest BCUT2D eigenvalue weighted by molar-refractivity contribution is 7.12. The van der Waals surface area contributed by atoms with Gasteiger partial charge >= 0.3 is 0 Å². The molecule has 5 nitrogen and oxygen atoms in total. The molecule has 6 heteroatoms. The molecule has 0 unspecified atom stereocenters. The molecule has 1 aromatic rings. The Bertz CT molecular complexity index is 564. The summed E-state index contributed by atoms with van der Waals surface area (Å²) in [6.07, 6.45) is 1.82. The summed E-state index contributed by atoms with van der Waals surface area (Å²) in [5.41, 5.74) is 0.0162. The smallest absolute Gasteiger partial charge is 0.265 e. The fourth-order valence-electron chi connectivity index (χ4n) is 3.69. The molecule has 1 saturated heterocycles. The summed E-state index contributed by atoms with van der Waals surface area (Å²) in [4.78, 5) is 13.2. The van der Waals surface area contributed by atoms with Gasteiger partial charge in [-0.25, -0.2) is 0 Å². The van der Waals surface area contributed by atoms with Crippen LogP contribution in [-0.4, -0.2) is 36.2 Å². The van der Waals surface area contributed by atoms with E-state index in [0.717, 1.165) is 12.8 Å². The monoisotopic (exact) mass is 324 g/mol. The summed E-state index contributed by atoms with van der Waals surface area (Å²) >= 11 is 1.38. The standard InChI is InChI=1S/C16H24N2O3S/c1-15(2)7-10(8-16(3,4)18-15)17-14(19)13-12-11(9-22-13)20-5-6-21-12/h9-10,18H,5-8H2,1-4H3,(H,17,19). The summed E-state index contributed by atoms with van der Waals surface area (Å²) in [6.45, 7) is 9.75. The molecule has 0 atom stereocenters. The lowest BCUT2D eigenvalue weighted by Crippen LogP contribution is -2.62. The Kier molecular flexibility index (Phi) is 3.85. The Morgan fingerprint density at radius 2 is 1.86 bits per heavy atom. The lowest BCUT2D eigenvalue weighted by atomic mass is 9.79. The molecule has 0 spiro atoms. The molecule has 3 heterocycles. The topological polar surface area (TPSA) is 59.6 Å². The third-order valence-corrected chi connectivity index (χ3v) is 4.97. The van der Waals surface area contributed by atoms with Crippen LogP contribution in [0.1, 0.15) is 50.2 Å². The third-order valence-electron chi connectivity index (χ3n) is 4.03. The van der Waals surface area contributed by atoms with E-state index in [0.29, 0.717) is 29.6 Å². The number of fused-ring (bicyclic) bond motifs is 1. The number of hydrogen-bond donors (Lipinski definition) is 2. The number of piperidine rings is 1. The Hall–Kier alpha value is -1.27. The second-order valence-electron chi connectivity index (χ2n) is 7.43. The maximum atomic E-state index is 12.6. The molecule has 122 valence electrons. The molecule has 0 aliphatic carbocycles. The van der Waals surface area contributed by atoms with Crippen LogP contribution in [0, 0.1) is 0 Å². The number of nitrogens with one attached hydrogen (secondary N) is 2. The summed E-state index contributed by atoms with van der Waals surface area (Å²) in [6, 6.07) is 0.154. The summed E-state index contributed by atoms with van der Waals surface area (Å²) in [7, 11) is 0. The van der Waals surface area contributed by atoms with Gasteiger partial charge < -0.3 is 20.1 Å². The van der Waals surface area contributed by atoms with Gasteiger partial charge in [0.2, 0.25) is 0 Å². The highest BCUT2D eigenvalue weighted by atomic mass is 32.1. The van der Waals surface area contributed by atoms with E-state index in [1.807, 2.05) is 5.38 Å². The molecular weight excluding hydrogens is 300 g/mol. The van der Waals surface area contributed by atoms with Gasteiger partial charge in [-0.15, -0.1) is 11.3 Å². The van der Waals surface area contributed by atoms with E-state index in [9.17, 15) is 4.79 Å². The number of carbonyl (C=O) groups excluding carboxylic acids is 1. The maximum Gasteiger partial charge on any atom is 0.265 e. The van der Waals surface area contributed by atoms with E-state index in [1.54, 1.807) is 0 Å². The molecule has 0 bridgehead atoms. The van der Waals surface area contributed by atoms with Crippen molar-refractivity contribution in [3.8, 4) is 11.5 Å². The minimum atomic E-state index is -0.0600. The molecular formula is C16H24N2O3S. The van der Waals surface area contributed by atoms with Gasteiger partial charge in [0.05, 0.1) is 0 Å². The predicted octanol–water partition coefficient (Wildman–Crippen LogP) is 2.56. The average molecular weight is 324 g/mol. The molecule has 2 N–H and O–H groups in total. The van der Waals surface area contributed by atoms with Crippen LogP contribution in [-0.2, 0) is 0 Å². The molecule has 3 rings (SSSR count). The number of carbonyl (C=O) groups is 1. The van der Waals surface area contributed by atoms with Crippen molar-refractivity contribution in [3.63, 3.8) is 0 Å². The molecule has 1 aromatic heterocycles. The molecule has 0 aromatic carbocycles. The summed E-state index contributed by atoms with van der Waals surface area (Å²) in [5, 5.41) is 8.65. The number of hydrogen-bond acceptors (Lipinski definition) is 5. The zero-order valence-corrected chi connectivity index (χ0v) is 14.4. The second-order valence-corrected chi connectivity index (χ2v) is 8.31. The van der Waals surface area contributed by atoms with E-state index in [2.05, 4.69) is 38.3 Å². The Balaban J connectivity index is 1.73. The molecule has 2 aliphatic rings. The van der Waals surface area contributed by atoms with Gasteiger partial charge in [0.1, 0.15) is 18.1 Å². The van der Waals surface area contributed by atoms with Crippen LogP contribution in [0.4, 0.5) is 0 Å². The lowest BCUT2D eigenvalue weighted by molar-refractivity contribution is 0.0869. The number of rotatable bonds is 2. The van der Waals surface area contributed by atoms with E-state index < -0.39 is 0 Å². The Morgan fingerprint density at radius 1 is 1.23 bits per heavy atom. The first-order valence-electron chi connectivity index (χ1n) is 7.73. The summed E-state index contributed by atoms with van der Waals surface area (Å²) < 4.78 is 11.1. The van der Waals surface area contributed by atoms with E-state index in [-0.39, 0.29) is 23.0 Å². The zero-order valence-electron chi connectivity index (χ0n) is 13.6. The Labute approximate surface area is 135 Å². The van der Waals surface area contributed by atoms with Gasteiger partial charge in [0.15, 0.2) is 11.5 Å². The lowest BCUT2D eigenvalue weighted by Gasteiger charge is -2.46. The fraction of sp³-hybridized carbons (Fsp3) is 0.688. The van der Waals surface area contributed by atoms with Crippen LogP contribution in [0.2, 0.25) is 0 Å². The first kappa shape index (κ1) is 15.6. The van der Waals surface area contributed by atoms with E-state index in [1.165, 1.54) is 11.3 Å². The molecule has 0 saturated carbocycles. The first-order valence-corrected chi connectivity index (χ1v) is 8.61. The van der Waals surface area contributed by atoms with Crippen LogP contribution in [0.3, 0.4) is 0 Å². The van der Waals surface area contributed by atoms with Gasteiger partial charge in [0, 0.05) is 22.5 Å². The summed E-state index contributed by atoms with van der Waals surface area (Å²) in [5.74, 6) is 1.23. The van der Waals surface area contributed by atoms with Crippen molar-refractivity contribution in [2.45, 2.75) is 57.7 Å². The first-order chi connectivity index (χ1) is 10.3. The highest BCUT2D eigenvalue weighted by Crippen LogP contribution is 2.39.